The highest BCUT2D eigenvalue weighted by molar-refractivity contribution is 7.89. The minimum absolute atomic E-state index is 0.0707. The molecule has 0 aliphatic heterocycles. The van der Waals surface area contributed by atoms with E-state index in [1.807, 2.05) is 44.2 Å². The highest BCUT2D eigenvalue weighted by Gasteiger charge is 2.29. The first-order valence-corrected chi connectivity index (χ1v) is 12.1. The number of aryl methyl sites for hydroxylation is 1. The van der Waals surface area contributed by atoms with E-state index < -0.39 is 22.2 Å². The first-order valence-electron chi connectivity index (χ1n) is 10.7. The van der Waals surface area contributed by atoms with Gasteiger partial charge in [-0.05, 0) is 30.0 Å². The van der Waals surface area contributed by atoms with Crippen molar-refractivity contribution in [2.24, 2.45) is 11.7 Å². The van der Waals surface area contributed by atoms with Crippen LogP contribution in [0.3, 0.4) is 0 Å². The lowest BCUT2D eigenvalue weighted by Gasteiger charge is -2.28. The number of sulfonamides is 1. The first kappa shape index (κ1) is 24.1. The lowest BCUT2D eigenvalue weighted by atomic mass is 10.0. The molecular weight excluding hydrogens is 426 g/mol. The van der Waals surface area contributed by atoms with Crippen LogP contribution in [-0.2, 0) is 16.4 Å². The van der Waals surface area contributed by atoms with Crippen molar-refractivity contribution in [2.75, 3.05) is 13.1 Å². The van der Waals surface area contributed by atoms with Gasteiger partial charge in [-0.1, -0.05) is 56.3 Å². The molecule has 3 N–H and O–H groups in total. The number of aromatic nitrogens is 1. The van der Waals surface area contributed by atoms with Crippen molar-refractivity contribution in [3.63, 3.8) is 0 Å². The Morgan fingerprint density at radius 3 is 2.28 bits per heavy atom. The quantitative estimate of drug-likeness (QED) is 0.484. The normalized spacial score (nSPS) is 14.1. The molecule has 0 spiro atoms. The second-order valence-electron chi connectivity index (χ2n) is 8.41. The molecular formula is C24H31N3O4S. The number of aliphatic hydroxyl groups excluding tert-OH is 1. The lowest BCUT2D eigenvalue weighted by Crippen LogP contribution is -2.47. The van der Waals surface area contributed by atoms with Crippen LogP contribution in [0.5, 0.6) is 0 Å². The molecule has 0 saturated carbocycles. The van der Waals surface area contributed by atoms with Crippen LogP contribution < -0.4 is 5.73 Å². The van der Waals surface area contributed by atoms with Gasteiger partial charge in [-0.3, -0.25) is 0 Å². The molecule has 1 heterocycles. The molecule has 7 nitrogen and oxygen atoms in total. The number of rotatable bonds is 10. The first-order chi connectivity index (χ1) is 15.2. The van der Waals surface area contributed by atoms with Crippen LogP contribution in [0.1, 0.15) is 25.3 Å². The zero-order valence-corrected chi connectivity index (χ0v) is 19.5. The van der Waals surface area contributed by atoms with Gasteiger partial charge in [0, 0.05) is 31.6 Å². The van der Waals surface area contributed by atoms with Crippen LogP contribution in [0.2, 0.25) is 0 Å². The second-order valence-corrected chi connectivity index (χ2v) is 10.4. The molecule has 0 radical (unpaired) electrons. The SMILES string of the molecule is Cc1nc(-c2ccc(S(=O)(=O)N(CC(C)C)CC(O)C(N)Cc3ccccc3)cc2)co1. The van der Waals surface area contributed by atoms with Gasteiger partial charge in [0.25, 0.3) is 0 Å². The predicted octanol–water partition coefficient (Wildman–Crippen LogP) is 3.23. The summed E-state index contributed by atoms with van der Waals surface area (Å²) in [5, 5.41) is 10.7. The average molecular weight is 458 g/mol. The summed E-state index contributed by atoms with van der Waals surface area (Å²) in [5.74, 6) is 0.625. The summed E-state index contributed by atoms with van der Waals surface area (Å²) in [5.41, 5.74) is 8.62. The molecule has 0 fully saturated rings. The Labute approximate surface area is 189 Å². The van der Waals surface area contributed by atoms with E-state index in [0.29, 0.717) is 18.0 Å². The van der Waals surface area contributed by atoms with Crippen molar-refractivity contribution in [1.82, 2.24) is 9.29 Å². The summed E-state index contributed by atoms with van der Waals surface area (Å²) in [6.07, 6.45) is 0.999. The topological polar surface area (TPSA) is 110 Å². The van der Waals surface area contributed by atoms with Gasteiger partial charge in [0.2, 0.25) is 10.0 Å². The monoisotopic (exact) mass is 457 g/mol. The minimum atomic E-state index is -3.82. The third-order valence-corrected chi connectivity index (χ3v) is 7.02. The third-order valence-electron chi connectivity index (χ3n) is 5.17. The maximum Gasteiger partial charge on any atom is 0.243 e. The van der Waals surface area contributed by atoms with Crippen molar-refractivity contribution >= 4 is 10.0 Å². The Balaban J connectivity index is 1.77. The molecule has 3 rings (SSSR count). The van der Waals surface area contributed by atoms with Gasteiger partial charge in [-0.25, -0.2) is 13.4 Å². The maximum atomic E-state index is 13.4. The Morgan fingerprint density at radius 2 is 1.72 bits per heavy atom. The van der Waals surface area contributed by atoms with Gasteiger partial charge in [0.15, 0.2) is 5.89 Å². The van der Waals surface area contributed by atoms with E-state index in [9.17, 15) is 13.5 Å². The summed E-state index contributed by atoms with van der Waals surface area (Å²) >= 11 is 0. The van der Waals surface area contributed by atoms with Gasteiger partial charge >= 0.3 is 0 Å². The fourth-order valence-electron chi connectivity index (χ4n) is 3.49. The van der Waals surface area contributed by atoms with Crippen LogP contribution in [-0.4, -0.2) is 48.0 Å². The molecule has 2 atom stereocenters. The van der Waals surface area contributed by atoms with E-state index in [1.165, 1.54) is 10.6 Å². The number of oxazole rings is 1. The Kier molecular flexibility index (Phi) is 7.84. The zero-order valence-electron chi connectivity index (χ0n) is 18.7. The Bertz CT molecular complexity index is 1100. The minimum Gasteiger partial charge on any atom is -0.449 e. The van der Waals surface area contributed by atoms with E-state index in [0.717, 1.165) is 11.1 Å². The van der Waals surface area contributed by atoms with Gasteiger partial charge in [-0.2, -0.15) is 4.31 Å². The van der Waals surface area contributed by atoms with E-state index in [1.54, 1.807) is 31.2 Å². The Morgan fingerprint density at radius 1 is 1.06 bits per heavy atom. The van der Waals surface area contributed by atoms with Crippen LogP contribution in [0.4, 0.5) is 0 Å². The highest BCUT2D eigenvalue weighted by Crippen LogP contribution is 2.23. The maximum absolute atomic E-state index is 13.4. The number of aliphatic hydroxyl groups is 1. The van der Waals surface area contributed by atoms with Crippen molar-refractivity contribution in [2.45, 2.75) is 44.2 Å². The number of benzene rings is 2. The summed E-state index contributed by atoms with van der Waals surface area (Å²) in [6, 6.07) is 15.5. The molecule has 172 valence electrons. The van der Waals surface area contributed by atoms with Crippen molar-refractivity contribution in [3.8, 4) is 11.3 Å². The molecule has 0 bridgehead atoms. The van der Waals surface area contributed by atoms with Crippen LogP contribution in [0.25, 0.3) is 11.3 Å². The summed E-state index contributed by atoms with van der Waals surface area (Å²) in [4.78, 5) is 4.43. The predicted molar refractivity (Wildman–Crippen MR) is 124 cm³/mol. The molecule has 3 aromatic rings. The summed E-state index contributed by atoms with van der Waals surface area (Å²) in [6.45, 7) is 5.84. The molecule has 8 heteroatoms. The number of hydrogen-bond acceptors (Lipinski definition) is 6. The largest absolute Gasteiger partial charge is 0.449 e. The van der Waals surface area contributed by atoms with Crippen LogP contribution in [0.15, 0.2) is 70.2 Å². The van der Waals surface area contributed by atoms with Crippen molar-refractivity contribution < 1.29 is 17.9 Å². The van der Waals surface area contributed by atoms with Gasteiger partial charge < -0.3 is 15.3 Å². The Hall–Kier alpha value is -2.52. The second kappa shape index (κ2) is 10.4. The van der Waals surface area contributed by atoms with Crippen LogP contribution in [0, 0.1) is 12.8 Å². The molecule has 2 unspecified atom stereocenters. The summed E-state index contributed by atoms with van der Waals surface area (Å²) < 4.78 is 33.3. The van der Waals surface area contributed by atoms with Gasteiger partial charge in [-0.15, -0.1) is 0 Å². The van der Waals surface area contributed by atoms with E-state index in [-0.39, 0.29) is 23.9 Å². The van der Waals surface area contributed by atoms with Crippen molar-refractivity contribution in [1.29, 1.82) is 0 Å². The smallest absolute Gasteiger partial charge is 0.243 e. The molecule has 0 aliphatic rings. The lowest BCUT2D eigenvalue weighted by molar-refractivity contribution is 0.116. The van der Waals surface area contributed by atoms with Gasteiger partial charge in [0.05, 0.1) is 11.0 Å². The molecule has 2 aromatic carbocycles. The van der Waals surface area contributed by atoms with Gasteiger partial charge in [0.1, 0.15) is 12.0 Å². The van der Waals surface area contributed by atoms with Crippen LogP contribution >= 0.6 is 0 Å². The number of nitrogens with zero attached hydrogens (tertiary/aromatic N) is 2. The average Bonchev–Trinajstić information content (AvgIpc) is 3.20. The summed E-state index contributed by atoms with van der Waals surface area (Å²) in [7, 11) is -3.82. The van der Waals surface area contributed by atoms with E-state index in [2.05, 4.69) is 4.98 Å². The van der Waals surface area contributed by atoms with Crippen molar-refractivity contribution in [3.05, 3.63) is 72.3 Å². The standard InChI is InChI=1S/C24H31N3O4S/c1-17(2)14-27(15-24(28)22(25)13-19-7-5-4-6-8-19)32(29,30)21-11-9-20(10-12-21)23-16-31-18(3)26-23/h4-12,16-17,22,24,28H,13-15,25H2,1-3H3. The molecule has 0 amide bonds. The molecule has 0 aliphatic carbocycles. The number of nitrogens with two attached hydrogens (primary N) is 1. The number of hydrogen-bond donors (Lipinski definition) is 2. The zero-order chi connectivity index (χ0) is 23.3. The highest BCUT2D eigenvalue weighted by atomic mass is 32.2. The molecule has 1 aromatic heterocycles. The van der Waals surface area contributed by atoms with E-state index >= 15 is 0 Å². The fraction of sp³-hybridized carbons (Fsp3) is 0.375. The third kappa shape index (κ3) is 6.04. The molecule has 32 heavy (non-hydrogen) atoms. The molecule has 0 saturated heterocycles. The fourth-order valence-corrected chi connectivity index (χ4v) is 5.11. The van der Waals surface area contributed by atoms with E-state index in [4.69, 9.17) is 10.2 Å².